The van der Waals surface area contributed by atoms with Gasteiger partial charge in [-0.05, 0) is 31.0 Å². The van der Waals surface area contributed by atoms with Crippen LogP contribution in [0.15, 0.2) is 34.6 Å². The average Bonchev–Trinajstić information content (AvgIpc) is 3.27. The van der Waals surface area contributed by atoms with Gasteiger partial charge in [-0.25, -0.2) is 4.39 Å². The summed E-state index contributed by atoms with van der Waals surface area (Å²) in [7, 11) is 0. The fraction of sp³-hybridized carbons (Fsp3) is 0.333. The normalized spacial score (nSPS) is 15.1. The van der Waals surface area contributed by atoms with Gasteiger partial charge in [-0.15, -0.1) is 0 Å². The highest BCUT2D eigenvalue weighted by Crippen LogP contribution is 2.39. The standard InChI is InChI=1S/C15H15ClFN3O2/c16-13-5-11(21-8-9(6-17)7-18)3-4-12(13)15-19-14(20-22-15)10-1-2-10/h3-6,10H,1-2,7-8,18H2/b9-6-. The second-order valence-electron chi connectivity index (χ2n) is 5.13. The van der Waals surface area contributed by atoms with E-state index in [1.54, 1.807) is 18.2 Å². The molecule has 1 heterocycles. The lowest BCUT2D eigenvalue weighted by atomic mass is 10.2. The summed E-state index contributed by atoms with van der Waals surface area (Å²) in [5, 5.41) is 4.39. The van der Waals surface area contributed by atoms with E-state index in [1.807, 2.05) is 0 Å². The van der Waals surface area contributed by atoms with Crippen molar-refractivity contribution >= 4 is 11.6 Å². The minimum atomic E-state index is 0.0784. The highest BCUT2D eigenvalue weighted by Gasteiger charge is 2.29. The van der Waals surface area contributed by atoms with Crippen molar-refractivity contribution in [1.29, 1.82) is 0 Å². The average molecular weight is 324 g/mol. The summed E-state index contributed by atoms with van der Waals surface area (Å²) in [6.07, 6.45) is 2.66. The monoisotopic (exact) mass is 323 g/mol. The van der Waals surface area contributed by atoms with Crippen LogP contribution in [0.5, 0.6) is 5.75 Å². The molecule has 5 nitrogen and oxygen atoms in total. The zero-order valence-corrected chi connectivity index (χ0v) is 12.5. The van der Waals surface area contributed by atoms with Crippen LogP contribution in [0.1, 0.15) is 24.6 Å². The van der Waals surface area contributed by atoms with Crippen LogP contribution in [-0.4, -0.2) is 23.3 Å². The molecule has 0 radical (unpaired) electrons. The summed E-state index contributed by atoms with van der Waals surface area (Å²) in [6.45, 7) is 0.184. The maximum atomic E-state index is 12.4. The molecule has 1 saturated carbocycles. The van der Waals surface area contributed by atoms with E-state index in [9.17, 15) is 4.39 Å². The second-order valence-corrected chi connectivity index (χ2v) is 5.54. The minimum absolute atomic E-state index is 0.0784. The number of hydrogen-bond donors (Lipinski definition) is 1. The van der Waals surface area contributed by atoms with Gasteiger partial charge in [-0.2, -0.15) is 4.98 Å². The first-order valence-electron chi connectivity index (χ1n) is 6.95. The molecular formula is C15H15ClFN3O2. The topological polar surface area (TPSA) is 74.2 Å². The molecule has 1 aromatic carbocycles. The molecule has 1 aliphatic rings. The number of aromatic nitrogens is 2. The number of rotatable bonds is 6. The maximum Gasteiger partial charge on any atom is 0.259 e. The lowest BCUT2D eigenvalue weighted by Gasteiger charge is -2.08. The number of nitrogens with two attached hydrogens (primary N) is 1. The molecule has 2 aromatic rings. The largest absolute Gasteiger partial charge is 0.489 e. The summed E-state index contributed by atoms with van der Waals surface area (Å²) in [4.78, 5) is 4.36. The maximum absolute atomic E-state index is 12.4. The quantitative estimate of drug-likeness (QED) is 0.881. The van der Waals surface area contributed by atoms with Gasteiger partial charge in [0.2, 0.25) is 0 Å². The van der Waals surface area contributed by atoms with E-state index >= 15 is 0 Å². The summed E-state index contributed by atoms with van der Waals surface area (Å²) < 4.78 is 23.1. The Balaban J connectivity index is 1.73. The molecule has 0 amide bonds. The predicted molar refractivity (Wildman–Crippen MR) is 80.5 cm³/mol. The molecule has 0 unspecified atom stereocenters. The van der Waals surface area contributed by atoms with Gasteiger partial charge in [0.1, 0.15) is 12.4 Å². The number of ether oxygens (including phenoxy) is 1. The molecule has 22 heavy (non-hydrogen) atoms. The van der Waals surface area contributed by atoms with Crippen LogP contribution >= 0.6 is 11.6 Å². The van der Waals surface area contributed by atoms with Gasteiger partial charge in [0.05, 0.1) is 16.9 Å². The van der Waals surface area contributed by atoms with Crippen LogP contribution < -0.4 is 10.5 Å². The van der Waals surface area contributed by atoms with Gasteiger partial charge >= 0.3 is 0 Å². The van der Waals surface area contributed by atoms with Crippen LogP contribution in [-0.2, 0) is 0 Å². The number of nitrogens with zero attached hydrogens (tertiary/aromatic N) is 2. The number of benzene rings is 1. The van der Waals surface area contributed by atoms with Gasteiger partial charge in [-0.1, -0.05) is 16.8 Å². The van der Waals surface area contributed by atoms with Crippen LogP contribution in [0.2, 0.25) is 5.02 Å². The van der Waals surface area contributed by atoms with Crippen molar-refractivity contribution in [2.45, 2.75) is 18.8 Å². The Kier molecular flexibility index (Phi) is 4.40. The summed E-state index contributed by atoms with van der Waals surface area (Å²) >= 11 is 6.23. The Morgan fingerprint density at radius 2 is 2.32 bits per heavy atom. The molecule has 3 rings (SSSR count). The molecular weight excluding hydrogens is 309 g/mol. The Morgan fingerprint density at radius 1 is 1.50 bits per heavy atom. The summed E-state index contributed by atoms with van der Waals surface area (Å²) in [5.41, 5.74) is 6.38. The zero-order chi connectivity index (χ0) is 15.5. The van der Waals surface area contributed by atoms with Crippen molar-refractivity contribution in [1.82, 2.24) is 10.1 Å². The van der Waals surface area contributed by atoms with E-state index in [1.165, 1.54) is 0 Å². The molecule has 0 saturated heterocycles. The number of hydrogen-bond acceptors (Lipinski definition) is 5. The van der Waals surface area contributed by atoms with E-state index in [-0.39, 0.29) is 13.2 Å². The molecule has 1 aliphatic carbocycles. The van der Waals surface area contributed by atoms with Gasteiger partial charge in [-0.3, -0.25) is 0 Å². The Morgan fingerprint density at radius 3 is 2.95 bits per heavy atom. The Bertz CT molecular complexity index is 698. The summed E-state index contributed by atoms with van der Waals surface area (Å²) in [5.74, 6) is 2.06. The van der Waals surface area contributed by atoms with E-state index in [2.05, 4.69) is 10.1 Å². The van der Waals surface area contributed by atoms with Crippen LogP contribution in [0, 0.1) is 0 Å². The predicted octanol–water partition coefficient (Wildman–Crippen LogP) is 3.46. The van der Waals surface area contributed by atoms with Crippen molar-refractivity contribution in [2.24, 2.45) is 5.73 Å². The first-order valence-corrected chi connectivity index (χ1v) is 7.33. The van der Waals surface area contributed by atoms with Gasteiger partial charge in [0.15, 0.2) is 5.82 Å². The van der Waals surface area contributed by atoms with Gasteiger partial charge < -0.3 is 15.0 Å². The van der Waals surface area contributed by atoms with Gasteiger partial charge in [0.25, 0.3) is 5.89 Å². The van der Waals surface area contributed by atoms with Crippen LogP contribution in [0.4, 0.5) is 4.39 Å². The van der Waals surface area contributed by atoms with Crippen molar-refractivity contribution in [3.63, 3.8) is 0 Å². The van der Waals surface area contributed by atoms with E-state index < -0.39 is 0 Å². The first-order chi connectivity index (χ1) is 10.7. The smallest absolute Gasteiger partial charge is 0.259 e. The van der Waals surface area contributed by atoms with E-state index in [0.29, 0.717) is 40.0 Å². The Labute approximate surface area is 131 Å². The SMILES string of the molecule is NC/C(=C/F)COc1ccc(-c2nc(C3CC3)no2)c(Cl)c1. The second kappa shape index (κ2) is 6.46. The molecule has 1 aromatic heterocycles. The van der Waals surface area contributed by atoms with E-state index in [0.717, 1.165) is 18.7 Å². The molecule has 0 spiro atoms. The molecule has 2 N–H and O–H groups in total. The highest BCUT2D eigenvalue weighted by molar-refractivity contribution is 6.33. The third-order valence-electron chi connectivity index (χ3n) is 3.40. The highest BCUT2D eigenvalue weighted by atomic mass is 35.5. The molecule has 0 atom stereocenters. The third-order valence-corrected chi connectivity index (χ3v) is 3.71. The first kappa shape index (κ1) is 15.0. The van der Waals surface area contributed by atoms with Gasteiger partial charge in [0, 0.05) is 18.0 Å². The minimum Gasteiger partial charge on any atom is -0.489 e. The van der Waals surface area contributed by atoms with Crippen molar-refractivity contribution in [3.8, 4) is 17.2 Å². The van der Waals surface area contributed by atoms with E-state index in [4.69, 9.17) is 26.6 Å². The zero-order valence-electron chi connectivity index (χ0n) is 11.8. The molecule has 0 bridgehead atoms. The molecule has 116 valence electrons. The van der Waals surface area contributed by atoms with Crippen molar-refractivity contribution in [3.05, 3.63) is 40.9 Å². The molecule has 0 aliphatic heterocycles. The molecule has 1 fully saturated rings. The lowest BCUT2D eigenvalue weighted by Crippen LogP contribution is -2.10. The van der Waals surface area contributed by atoms with Crippen LogP contribution in [0.3, 0.4) is 0 Å². The van der Waals surface area contributed by atoms with Crippen LogP contribution in [0.25, 0.3) is 11.5 Å². The fourth-order valence-corrected chi connectivity index (χ4v) is 2.17. The van der Waals surface area contributed by atoms with Crippen molar-refractivity contribution < 1.29 is 13.7 Å². The van der Waals surface area contributed by atoms with Crippen molar-refractivity contribution in [2.75, 3.05) is 13.2 Å². The third kappa shape index (κ3) is 3.28. The summed E-state index contributed by atoms with van der Waals surface area (Å²) in [6, 6.07) is 5.09. The Hall–Kier alpha value is -1.92. The fourth-order valence-electron chi connectivity index (χ4n) is 1.92. The number of halogens is 2. The lowest BCUT2D eigenvalue weighted by molar-refractivity contribution is 0.347. The molecule has 7 heteroatoms.